The first kappa shape index (κ1) is 12.5. The lowest BCUT2D eigenvalue weighted by molar-refractivity contribution is 0.125. The molecule has 0 spiro atoms. The summed E-state index contributed by atoms with van der Waals surface area (Å²) in [7, 11) is 0. The highest BCUT2D eigenvalue weighted by molar-refractivity contribution is 5.09. The summed E-state index contributed by atoms with van der Waals surface area (Å²) in [6.45, 7) is 8.43. The summed E-state index contributed by atoms with van der Waals surface area (Å²) >= 11 is 0. The van der Waals surface area contributed by atoms with Gasteiger partial charge in [0.1, 0.15) is 0 Å². The largest absolute Gasteiger partial charge is 0.330 e. The Morgan fingerprint density at radius 2 is 2.29 bits per heavy atom. The van der Waals surface area contributed by atoms with Gasteiger partial charge in [-0.2, -0.15) is 0 Å². The maximum Gasteiger partial charge on any atom is 0.0547 e. The molecule has 2 rings (SSSR count). The van der Waals surface area contributed by atoms with Gasteiger partial charge in [-0.3, -0.25) is 9.88 Å². The Hall–Kier alpha value is -0.930. The predicted molar refractivity (Wildman–Crippen MR) is 70.6 cm³/mol. The number of likely N-dealkylation sites (tertiary alicyclic amines) is 1. The first-order valence-electron chi connectivity index (χ1n) is 6.54. The Balaban J connectivity index is 1.95. The number of rotatable bonds is 3. The fourth-order valence-electron chi connectivity index (χ4n) is 2.59. The van der Waals surface area contributed by atoms with Crippen LogP contribution in [-0.4, -0.2) is 29.5 Å². The van der Waals surface area contributed by atoms with Crippen LogP contribution in [0.25, 0.3) is 0 Å². The lowest BCUT2D eigenvalue weighted by Gasteiger charge is -2.36. The summed E-state index contributed by atoms with van der Waals surface area (Å²) in [5.74, 6) is 1.41. The first-order chi connectivity index (χ1) is 8.19. The fourth-order valence-corrected chi connectivity index (χ4v) is 2.59. The van der Waals surface area contributed by atoms with Crippen LogP contribution in [0.5, 0.6) is 0 Å². The number of aromatic nitrogens is 1. The van der Waals surface area contributed by atoms with Crippen molar-refractivity contribution in [3.63, 3.8) is 0 Å². The van der Waals surface area contributed by atoms with E-state index in [4.69, 9.17) is 5.73 Å². The van der Waals surface area contributed by atoms with Crippen molar-refractivity contribution in [1.82, 2.24) is 9.88 Å². The van der Waals surface area contributed by atoms with Crippen molar-refractivity contribution in [2.75, 3.05) is 19.6 Å². The normalized spacial score (nSPS) is 26.1. The minimum atomic E-state index is 0.647. The second-order valence-electron chi connectivity index (χ2n) is 5.27. The smallest absolute Gasteiger partial charge is 0.0547 e. The summed E-state index contributed by atoms with van der Waals surface area (Å²) in [4.78, 5) is 7.05. The number of nitrogens with zero attached hydrogens (tertiary/aromatic N) is 2. The monoisotopic (exact) mass is 233 g/mol. The van der Waals surface area contributed by atoms with E-state index >= 15 is 0 Å². The molecule has 3 heteroatoms. The van der Waals surface area contributed by atoms with Gasteiger partial charge in [-0.1, -0.05) is 13.0 Å². The number of hydrogen-bond donors (Lipinski definition) is 1. The Kier molecular flexibility index (Phi) is 4.13. The minimum Gasteiger partial charge on any atom is -0.330 e. The molecule has 1 saturated heterocycles. The molecule has 1 aliphatic rings. The molecule has 2 N–H and O–H groups in total. The van der Waals surface area contributed by atoms with Gasteiger partial charge in [0.15, 0.2) is 0 Å². The average molecular weight is 233 g/mol. The number of piperidine rings is 1. The molecule has 1 fully saturated rings. The molecule has 0 aliphatic carbocycles. The van der Waals surface area contributed by atoms with Crippen molar-refractivity contribution in [3.8, 4) is 0 Å². The lowest BCUT2D eigenvalue weighted by atomic mass is 9.87. The van der Waals surface area contributed by atoms with Crippen molar-refractivity contribution < 1.29 is 0 Å². The number of nitrogens with two attached hydrogens (primary N) is 1. The fraction of sp³-hybridized carbons (Fsp3) is 0.643. The third-order valence-electron chi connectivity index (χ3n) is 3.83. The molecule has 1 aromatic rings. The Bertz CT molecular complexity index is 364. The predicted octanol–water partition coefficient (Wildman–Crippen LogP) is 1.81. The third-order valence-corrected chi connectivity index (χ3v) is 3.83. The van der Waals surface area contributed by atoms with Gasteiger partial charge in [0, 0.05) is 18.8 Å². The van der Waals surface area contributed by atoms with Crippen LogP contribution in [0.1, 0.15) is 24.7 Å². The van der Waals surface area contributed by atoms with Gasteiger partial charge >= 0.3 is 0 Å². The topological polar surface area (TPSA) is 42.1 Å². The maximum absolute atomic E-state index is 5.83. The third kappa shape index (κ3) is 3.27. The second kappa shape index (κ2) is 5.61. The molecule has 0 radical (unpaired) electrons. The van der Waals surface area contributed by atoms with Crippen LogP contribution in [0, 0.1) is 18.8 Å². The van der Waals surface area contributed by atoms with E-state index in [0.29, 0.717) is 5.92 Å². The van der Waals surface area contributed by atoms with Gasteiger partial charge in [0.2, 0.25) is 0 Å². The maximum atomic E-state index is 5.83. The molecule has 0 saturated carbocycles. The highest BCUT2D eigenvalue weighted by atomic mass is 15.1. The molecule has 0 aromatic carbocycles. The summed E-state index contributed by atoms with van der Waals surface area (Å²) < 4.78 is 0. The molecule has 0 amide bonds. The lowest BCUT2D eigenvalue weighted by Crippen LogP contribution is -2.42. The van der Waals surface area contributed by atoms with Crippen LogP contribution in [0.3, 0.4) is 0 Å². The molecule has 0 bridgehead atoms. The van der Waals surface area contributed by atoms with Crippen molar-refractivity contribution in [1.29, 1.82) is 0 Å². The standard InChI is InChI=1S/C14H23N3/c1-11-6-7-17(9-13(11)8-15)10-14-5-3-4-12(2)16-14/h3-5,11,13H,6-10,15H2,1-2H3. The second-order valence-corrected chi connectivity index (χ2v) is 5.27. The summed E-state index contributed by atoms with van der Waals surface area (Å²) in [6.07, 6.45) is 1.26. The SMILES string of the molecule is Cc1cccc(CN2CCC(C)C(CN)C2)n1. The molecule has 1 aromatic heterocycles. The summed E-state index contributed by atoms with van der Waals surface area (Å²) in [6, 6.07) is 6.25. The molecule has 17 heavy (non-hydrogen) atoms. The van der Waals surface area contributed by atoms with E-state index in [-0.39, 0.29) is 0 Å². The molecular formula is C14H23N3. The first-order valence-corrected chi connectivity index (χ1v) is 6.54. The van der Waals surface area contributed by atoms with Gasteiger partial charge in [0.25, 0.3) is 0 Å². The van der Waals surface area contributed by atoms with E-state index in [1.54, 1.807) is 0 Å². The van der Waals surface area contributed by atoms with Crippen LogP contribution < -0.4 is 5.73 Å². The zero-order valence-electron chi connectivity index (χ0n) is 10.9. The molecule has 3 nitrogen and oxygen atoms in total. The molecular weight excluding hydrogens is 210 g/mol. The Morgan fingerprint density at radius 3 is 3.00 bits per heavy atom. The number of pyridine rings is 1. The van der Waals surface area contributed by atoms with Crippen LogP contribution >= 0.6 is 0 Å². The van der Waals surface area contributed by atoms with Gasteiger partial charge in [-0.25, -0.2) is 0 Å². The van der Waals surface area contributed by atoms with Crippen molar-refractivity contribution >= 4 is 0 Å². The number of aryl methyl sites for hydroxylation is 1. The van der Waals surface area contributed by atoms with Crippen LogP contribution in [0.15, 0.2) is 18.2 Å². The van der Waals surface area contributed by atoms with E-state index in [0.717, 1.165) is 31.2 Å². The van der Waals surface area contributed by atoms with Crippen molar-refractivity contribution in [2.24, 2.45) is 17.6 Å². The molecule has 94 valence electrons. The van der Waals surface area contributed by atoms with Gasteiger partial charge in [-0.15, -0.1) is 0 Å². The molecule has 1 aliphatic heterocycles. The van der Waals surface area contributed by atoms with E-state index in [2.05, 4.69) is 28.9 Å². The van der Waals surface area contributed by atoms with E-state index in [1.165, 1.54) is 18.7 Å². The zero-order valence-corrected chi connectivity index (χ0v) is 10.9. The van der Waals surface area contributed by atoms with Crippen LogP contribution in [0.2, 0.25) is 0 Å². The van der Waals surface area contributed by atoms with E-state index in [9.17, 15) is 0 Å². The van der Waals surface area contributed by atoms with E-state index in [1.807, 2.05) is 13.0 Å². The summed E-state index contributed by atoms with van der Waals surface area (Å²) in [5.41, 5.74) is 8.11. The highest BCUT2D eigenvalue weighted by Gasteiger charge is 2.25. The number of hydrogen-bond acceptors (Lipinski definition) is 3. The minimum absolute atomic E-state index is 0.647. The average Bonchev–Trinajstić information content (AvgIpc) is 2.32. The van der Waals surface area contributed by atoms with E-state index < -0.39 is 0 Å². The van der Waals surface area contributed by atoms with Gasteiger partial charge in [0.05, 0.1) is 5.69 Å². The Labute approximate surface area is 104 Å². The summed E-state index contributed by atoms with van der Waals surface area (Å²) in [5, 5.41) is 0. The molecule has 2 atom stereocenters. The van der Waals surface area contributed by atoms with Crippen molar-refractivity contribution in [2.45, 2.75) is 26.8 Å². The molecule has 2 heterocycles. The molecule has 2 unspecified atom stereocenters. The quantitative estimate of drug-likeness (QED) is 0.865. The van der Waals surface area contributed by atoms with Gasteiger partial charge in [-0.05, 0) is 50.4 Å². The Morgan fingerprint density at radius 1 is 1.47 bits per heavy atom. The van der Waals surface area contributed by atoms with Gasteiger partial charge < -0.3 is 5.73 Å². The van der Waals surface area contributed by atoms with Crippen LogP contribution in [-0.2, 0) is 6.54 Å². The zero-order chi connectivity index (χ0) is 12.3. The van der Waals surface area contributed by atoms with Crippen LogP contribution in [0.4, 0.5) is 0 Å². The highest BCUT2D eigenvalue weighted by Crippen LogP contribution is 2.23. The van der Waals surface area contributed by atoms with Crippen molar-refractivity contribution in [3.05, 3.63) is 29.6 Å².